The maximum Gasteiger partial charge on any atom is 0.252 e. The van der Waals surface area contributed by atoms with Gasteiger partial charge >= 0.3 is 0 Å². The lowest BCUT2D eigenvalue weighted by Crippen LogP contribution is -2.34. The van der Waals surface area contributed by atoms with E-state index in [9.17, 15) is 9.90 Å². The zero-order valence-electron chi connectivity index (χ0n) is 13.7. The molecule has 0 fully saturated rings. The number of carbonyl (C=O) groups excluding carboxylic acids is 1. The maximum atomic E-state index is 12.1. The number of aliphatic hydroxyl groups excluding tert-OH is 1. The van der Waals surface area contributed by atoms with Crippen LogP contribution in [0.1, 0.15) is 15.9 Å². The van der Waals surface area contributed by atoms with E-state index in [2.05, 4.69) is 21.2 Å². The molecule has 2 N–H and O–H groups in total. The predicted molar refractivity (Wildman–Crippen MR) is 100 cm³/mol. The number of hydrogen-bond acceptors (Lipinski definition) is 4. The molecule has 0 saturated heterocycles. The Balaban J connectivity index is 1.73. The molecule has 0 unspecified atom stereocenters. The van der Waals surface area contributed by atoms with Crippen LogP contribution in [0.4, 0.5) is 0 Å². The van der Waals surface area contributed by atoms with Crippen molar-refractivity contribution in [2.24, 2.45) is 0 Å². The fourth-order valence-electron chi connectivity index (χ4n) is 2.07. The number of halogens is 2. The summed E-state index contributed by atoms with van der Waals surface area (Å²) in [5.74, 6) is 0.429. The second-order valence-electron chi connectivity index (χ2n) is 5.35. The molecule has 7 heteroatoms. The first-order chi connectivity index (χ1) is 12.0. The highest BCUT2D eigenvalue weighted by molar-refractivity contribution is 9.10. The van der Waals surface area contributed by atoms with Crippen LogP contribution in [-0.4, -0.2) is 37.4 Å². The highest BCUT2D eigenvalue weighted by Crippen LogP contribution is 2.20. The van der Waals surface area contributed by atoms with Crippen LogP contribution in [0.25, 0.3) is 0 Å². The molecule has 2 aromatic carbocycles. The highest BCUT2D eigenvalue weighted by atomic mass is 79.9. The summed E-state index contributed by atoms with van der Waals surface area (Å²) in [5.41, 5.74) is 1.32. The van der Waals surface area contributed by atoms with Gasteiger partial charge in [-0.3, -0.25) is 4.79 Å². The topological polar surface area (TPSA) is 67.8 Å². The molecule has 1 atom stereocenters. The Kier molecular flexibility index (Phi) is 7.71. The van der Waals surface area contributed by atoms with Crippen molar-refractivity contribution in [3.63, 3.8) is 0 Å². The van der Waals surface area contributed by atoms with E-state index in [0.717, 1.165) is 15.8 Å². The van der Waals surface area contributed by atoms with Crippen LogP contribution in [0.5, 0.6) is 5.75 Å². The molecule has 0 aliphatic carbocycles. The largest absolute Gasteiger partial charge is 0.497 e. The van der Waals surface area contributed by atoms with Crippen molar-refractivity contribution in [2.75, 3.05) is 20.3 Å². The van der Waals surface area contributed by atoms with Crippen LogP contribution in [0.15, 0.2) is 46.9 Å². The number of carbonyl (C=O) groups is 1. The summed E-state index contributed by atoms with van der Waals surface area (Å²) in [6.07, 6.45) is -0.812. The highest BCUT2D eigenvalue weighted by Gasteiger charge is 2.13. The summed E-state index contributed by atoms with van der Waals surface area (Å²) in [4.78, 5) is 12.1. The average molecular weight is 429 g/mol. The molecule has 5 nitrogen and oxygen atoms in total. The van der Waals surface area contributed by atoms with Crippen molar-refractivity contribution in [3.05, 3.63) is 63.1 Å². The summed E-state index contributed by atoms with van der Waals surface area (Å²) in [5, 5.41) is 12.9. The van der Waals surface area contributed by atoms with Crippen LogP contribution in [0.3, 0.4) is 0 Å². The number of ether oxygens (including phenoxy) is 2. The lowest BCUT2D eigenvalue weighted by molar-refractivity contribution is 0.0285. The Morgan fingerprint density at radius 3 is 2.68 bits per heavy atom. The van der Waals surface area contributed by atoms with Gasteiger partial charge in [0.2, 0.25) is 0 Å². The van der Waals surface area contributed by atoms with Gasteiger partial charge in [0.15, 0.2) is 0 Å². The molecule has 25 heavy (non-hydrogen) atoms. The first kappa shape index (κ1) is 19.7. The molecule has 0 aromatic heterocycles. The Morgan fingerprint density at radius 1 is 1.28 bits per heavy atom. The third-order valence-electron chi connectivity index (χ3n) is 3.41. The van der Waals surface area contributed by atoms with Gasteiger partial charge < -0.3 is 19.9 Å². The molecule has 0 saturated carbocycles. The number of nitrogens with one attached hydrogen (secondary N) is 1. The van der Waals surface area contributed by atoms with Crippen LogP contribution in [0.2, 0.25) is 5.02 Å². The van der Waals surface area contributed by atoms with Gasteiger partial charge in [0.25, 0.3) is 5.91 Å². The SMILES string of the molecule is COc1ccc(COC[C@H](O)CNC(=O)c2cc(Br)ccc2Cl)cc1. The van der Waals surface area contributed by atoms with E-state index in [1.165, 1.54) is 0 Å². The Hall–Kier alpha value is -1.60. The summed E-state index contributed by atoms with van der Waals surface area (Å²) in [7, 11) is 1.61. The van der Waals surface area contributed by atoms with E-state index in [1.54, 1.807) is 25.3 Å². The maximum absolute atomic E-state index is 12.1. The number of amides is 1. The van der Waals surface area contributed by atoms with E-state index in [0.29, 0.717) is 17.2 Å². The number of aliphatic hydroxyl groups is 1. The van der Waals surface area contributed by atoms with E-state index < -0.39 is 6.10 Å². The molecule has 0 aliphatic rings. The van der Waals surface area contributed by atoms with E-state index in [1.807, 2.05) is 24.3 Å². The Morgan fingerprint density at radius 2 is 2.00 bits per heavy atom. The second-order valence-corrected chi connectivity index (χ2v) is 6.67. The lowest BCUT2D eigenvalue weighted by Gasteiger charge is -2.13. The fourth-order valence-corrected chi connectivity index (χ4v) is 2.64. The van der Waals surface area contributed by atoms with Gasteiger partial charge in [-0.1, -0.05) is 39.7 Å². The molecule has 0 bridgehead atoms. The normalized spacial score (nSPS) is 11.8. The van der Waals surface area contributed by atoms with E-state index in [-0.39, 0.29) is 19.1 Å². The fraction of sp³-hybridized carbons (Fsp3) is 0.278. The summed E-state index contributed by atoms with van der Waals surface area (Å²) in [6.45, 7) is 0.551. The second kappa shape index (κ2) is 9.77. The van der Waals surface area contributed by atoms with Crippen LogP contribution >= 0.6 is 27.5 Å². The molecule has 0 spiro atoms. The number of methoxy groups -OCH3 is 1. The van der Waals surface area contributed by atoms with Crippen LogP contribution < -0.4 is 10.1 Å². The van der Waals surface area contributed by atoms with Gasteiger partial charge in [-0.05, 0) is 35.9 Å². The Bertz CT molecular complexity index is 709. The van der Waals surface area contributed by atoms with Crippen molar-refractivity contribution in [3.8, 4) is 5.75 Å². The minimum atomic E-state index is -0.812. The molecule has 0 heterocycles. The third-order valence-corrected chi connectivity index (χ3v) is 4.23. The lowest BCUT2D eigenvalue weighted by atomic mass is 10.2. The molecular formula is C18H19BrClNO4. The number of hydrogen-bond donors (Lipinski definition) is 2. The summed E-state index contributed by atoms with van der Waals surface area (Å²) < 4.78 is 11.3. The molecule has 2 aromatic rings. The minimum Gasteiger partial charge on any atom is -0.497 e. The zero-order valence-corrected chi connectivity index (χ0v) is 16.0. The first-order valence-electron chi connectivity index (χ1n) is 7.61. The minimum absolute atomic E-state index is 0.0737. The summed E-state index contributed by atoms with van der Waals surface area (Å²) >= 11 is 9.30. The van der Waals surface area contributed by atoms with Crippen molar-refractivity contribution in [1.82, 2.24) is 5.32 Å². The third kappa shape index (κ3) is 6.32. The van der Waals surface area contributed by atoms with Crippen LogP contribution in [-0.2, 0) is 11.3 Å². The van der Waals surface area contributed by atoms with Gasteiger partial charge in [0.1, 0.15) is 5.75 Å². The standard InChI is InChI=1S/C18H19BrClNO4/c1-24-15-5-2-12(3-6-15)10-25-11-14(22)9-21-18(23)16-8-13(19)4-7-17(16)20/h2-8,14,22H,9-11H2,1H3,(H,21,23)/t14-/m1/s1. The number of benzene rings is 2. The molecule has 0 aliphatic heterocycles. The van der Waals surface area contributed by atoms with Gasteiger partial charge in [-0.2, -0.15) is 0 Å². The van der Waals surface area contributed by atoms with Gasteiger partial charge in [0, 0.05) is 11.0 Å². The van der Waals surface area contributed by atoms with Gasteiger partial charge in [0.05, 0.1) is 37.0 Å². The smallest absolute Gasteiger partial charge is 0.252 e. The van der Waals surface area contributed by atoms with E-state index >= 15 is 0 Å². The quantitative estimate of drug-likeness (QED) is 0.676. The molecule has 1 amide bonds. The molecule has 0 radical (unpaired) electrons. The molecule has 134 valence electrons. The van der Waals surface area contributed by atoms with Crippen molar-refractivity contribution < 1.29 is 19.4 Å². The van der Waals surface area contributed by atoms with Gasteiger partial charge in [-0.25, -0.2) is 0 Å². The number of rotatable bonds is 8. The van der Waals surface area contributed by atoms with Crippen molar-refractivity contribution >= 4 is 33.4 Å². The first-order valence-corrected chi connectivity index (χ1v) is 8.78. The predicted octanol–water partition coefficient (Wildman–Crippen LogP) is 3.42. The van der Waals surface area contributed by atoms with Gasteiger partial charge in [-0.15, -0.1) is 0 Å². The molecular weight excluding hydrogens is 410 g/mol. The van der Waals surface area contributed by atoms with Crippen molar-refractivity contribution in [2.45, 2.75) is 12.7 Å². The monoisotopic (exact) mass is 427 g/mol. The van der Waals surface area contributed by atoms with Crippen molar-refractivity contribution in [1.29, 1.82) is 0 Å². The summed E-state index contributed by atoms with van der Waals surface area (Å²) in [6, 6.07) is 12.5. The Labute approximate surface area is 160 Å². The zero-order chi connectivity index (χ0) is 18.2. The molecule has 2 rings (SSSR count). The van der Waals surface area contributed by atoms with E-state index in [4.69, 9.17) is 21.1 Å². The average Bonchev–Trinajstić information content (AvgIpc) is 2.62. The van der Waals surface area contributed by atoms with Crippen LogP contribution in [0, 0.1) is 0 Å².